The van der Waals surface area contributed by atoms with Crippen LogP contribution < -0.4 is 10.6 Å². The second-order valence-corrected chi connectivity index (χ2v) is 7.56. The summed E-state index contributed by atoms with van der Waals surface area (Å²) in [5.74, 6) is 0.345. The van der Waals surface area contributed by atoms with Gasteiger partial charge in [0.1, 0.15) is 5.82 Å². The van der Waals surface area contributed by atoms with Crippen molar-refractivity contribution >= 4 is 17.6 Å². The third-order valence-corrected chi connectivity index (χ3v) is 5.12. The third kappa shape index (κ3) is 4.80. The minimum atomic E-state index is -0.330. The number of benzene rings is 1. The second kappa shape index (κ2) is 8.74. The number of fused-ring (bicyclic) bond motifs is 1. The van der Waals surface area contributed by atoms with Gasteiger partial charge in [-0.25, -0.2) is 9.38 Å². The molecular formula is C20H27ClFN5. The van der Waals surface area contributed by atoms with Crippen LogP contribution in [0.5, 0.6) is 0 Å². The van der Waals surface area contributed by atoms with Crippen LogP contribution in [0.2, 0.25) is 5.02 Å². The molecule has 0 amide bonds. The van der Waals surface area contributed by atoms with Crippen molar-refractivity contribution in [3.05, 3.63) is 52.1 Å². The summed E-state index contributed by atoms with van der Waals surface area (Å²) in [6.45, 7) is 7.21. The average Bonchev–Trinajstić information content (AvgIpc) is 3.05. The molecule has 0 saturated carbocycles. The van der Waals surface area contributed by atoms with E-state index in [-0.39, 0.29) is 18.4 Å². The lowest BCUT2D eigenvalue weighted by atomic mass is 9.94. The molecule has 27 heavy (non-hydrogen) atoms. The molecule has 1 atom stereocenters. The Kier molecular flexibility index (Phi) is 6.37. The number of halogens is 2. The van der Waals surface area contributed by atoms with Gasteiger partial charge in [-0.05, 0) is 51.3 Å². The number of rotatable bonds is 5. The molecule has 2 N–H and O–H groups in total. The van der Waals surface area contributed by atoms with Crippen LogP contribution in [0.15, 0.2) is 29.4 Å². The zero-order valence-corrected chi connectivity index (χ0v) is 16.9. The second-order valence-electron chi connectivity index (χ2n) is 7.15. The van der Waals surface area contributed by atoms with E-state index in [1.54, 1.807) is 12.1 Å². The molecule has 0 fully saturated rings. The van der Waals surface area contributed by atoms with Gasteiger partial charge in [0, 0.05) is 41.8 Å². The number of aryl methyl sites for hydroxylation is 1. The molecule has 5 nitrogen and oxygen atoms in total. The molecule has 7 heteroatoms. The van der Waals surface area contributed by atoms with Crippen molar-refractivity contribution in [3.63, 3.8) is 0 Å². The summed E-state index contributed by atoms with van der Waals surface area (Å²) in [4.78, 5) is 4.53. The summed E-state index contributed by atoms with van der Waals surface area (Å²) >= 11 is 6.11. The van der Waals surface area contributed by atoms with Crippen molar-refractivity contribution in [1.82, 2.24) is 20.4 Å². The van der Waals surface area contributed by atoms with E-state index in [1.807, 2.05) is 11.6 Å². The summed E-state index contributed by atoms with van der Waals surface area (Å²) < 4.78 is 16.0. The monoisotopic (exact) mass is 391 g/mol. The molecule has 0 radical (unpaired) electrons. The number of nitrogens with zero attached hydrogens (tertiary/aromatic N) is 3. The van der Waals surface area contributed by atoms with Crippen LogP contribution >= 0.6 is 11.6 Å². The minimum absolute atomic E-state index is 0.195. The van der Waals surface area contributed by atoms with Crippen LogP contribution in [0.4, 0.5) is 4.39 Å². The first-order valence-electron chi connectivity index (χ1n) is 9.52. The first kappa shape index (κ1) is 19.7. The molecule has 1 aliphatic carbocycles. The Morgan fingerprint density at radius 1 is 1.44 bits per heavy atom. The molecule has 1 aromatic heterocycles. The molecule has 1 heterocycles. The Bertz CT molecular complexity index is 794. The van der Waals surface area contributed by atoms with E-state index < -0.39 is 0 Å². The summed E-state index contributed by atoms with van der Waals surface area (Å²) in [6, 6.07) is 5.31. The Morgan fingerprint density at radius 2 is 2.26 bits per heavy atom. The van der Waals surface area contributed by atoms with Crippen molar-refractivity contribution < 1.29 is 4.39 Å². The van der Waals surface area contributed by atoms with Crippen LogP contribution in [0.1, 0.15) is 50.1 Å². The van der Waals surface area contributed by atoms with Crippen LogP contribution in [-0.2, 0) is 19.4 Å². The molecule has 0 saturated heterocycles. The maximum absolute atomic E-state index is 14.0. The SMILES string of the molecule is CCNC(=NCc1c(F)cccc1Cl)NC1CCc2cn(C(C)C)nc2C1. The lowest BCUT2D eigenvalue weighted by Crippen LogP contribution is -2.45. The van der Waals surface area contributed by atoms with Gasteiger partial charge in [-0.2, -0.15) is 5.10 Å². The van der Waals surface area contributed by atoms with Gasteiger partial charge < -0.3 is 10.6 Å². The van der Waals surface area contributed by atoms with E-state index in [0.29, 0.717) is 22.6 Å². The highest BCUT2D eigenvalue weighted by molar-refractivity contribution is 6.31. The van der Waals surface area contributed by atoms with Crippen LogP contribution in [0, 0.1) is 5.82 Å². The molecule has 0 spiro atoms. The van der Waals surface area contributed by atoms with E-state index in [2.05, 4.69) is 35.7 Å². The highest BCUT2D eigenvalue weighted by Crippen LogP contribution is 2.22. The number of aliphatic imine (C=N–C) groups is 1. The molecule has 0 bridgehead atoms. The molecule has 0 aliphatic heterocycles. The predicted molar refractivity (Wildman–Crippen MR) is 108 cm³/mol. The summed E-state index contributed by atoms with van der Waals surface area (Å²) in [7, 11) is 0. The lowest BCUT2D eigenvalue weighted by Gasteiger charge is -2.24. The van der Waals surface area contributed by atoms with Gasteiger partial charge in [0.25, 0.3) is 0 Å². The van der Waals surface area contributed by atoms with E-state index in [4.69, 9.17) is 16.7 Å². The number of hydrogen-bond acceptors (Lipinski definition) is 2. The summed E-state index contributed by atoms with van der Waals surface area (Å²) in [6.07, 6.45) is 5.04. The Morgan fingerprint density at radius 3 is 2.96 bits per heavy atom. The van der Waals surface area contributed by atoms with E-state index in [0.717, 1.165) is 31.5 Å². The van der Waals surface area contributed by atoms with E-state index in [9.17, 15) is 4.39 Å². The van der Waals surface area contributed by atoms with Crippen LogP contribution in [-0.4, -0.2) is 28.3 Å². The quantitative estimate of drug-likeness (QED) is 0.601. The zero-order valence-electron chi connectivity index (χ0n) is 16.1. The lowest BCUT2D eigenvalue weighted by molar-refractivity contribution is 0.499. The van der Waals surface area contributed by atoms with Gasteiger partial charge in [-0.15, -0.1) is 0 Å². The number of nitrogens with one attached hydrogen (secondary N) is 2. The zero-order chi connectivity index (χ0) is 19.4. The Labute approximate surface area is 165 Å². The Balaban J connectivity index is 1.69. The molecule has 1 aliphatic rings. The van der Waals surface area contributed by atoms with Gasteiger partial charge in [0.05, 0.1) is 12.2 Å². The molecular weight excluding hydrogens is 365 g/mol. The fourth-order valence-corrected chi connectivity index (χ4v) is 3.48. The first-order valence-corrected chi connectivity index (χ1v) is 9.90. The fraction of sp³-hybridized carbons (Fsp3) is 0.500. The van der Waals surface area contributed by atoms with Crippen LogP contribution in [0.3, 0.4) is 0 Å². The smallest absolute Gasteiger partial charge is 0.191 e. The number of hydrogen-bond donors (Lipinski definition) is 2. The number of guanidine groups is 1. The van der Waals surface area contributed by atoms with Crippen molar-refractivity contribution in [1.29, 1.82) is 0 Å². The van der Waals surface area contributed by atoms with Crippen molar-refractivity contribution in [2.45, 2.75) is 58.7 Å². The van der Waals surface area contributed by atoms with Gasteiger partial charge in [0.15, 0.2) is 5.96 Å². The van der Waals surface area contributed by atoms with E-state index in [1.165, 1.54) is 11.6 Å². The van der Waals surface area contributed by atoms with Gasteiger partial charge >= 0.3 is 0 Å². The minimum Gasteiger partial charge on any atom is -0.357 e. The van der Waals surface area contributed by atoms with E-state index >= 15 is 0 Å². The van der Waals surface area contributed by atoms with Crippen molar-refractivity contribution in [2.75, 3.05) is 6.54 Å². The molecule has 3 rings (SSSR count). The largest absolute Gasteiger partial charge is 0.357 e. The maximum Gasteiger partial charge on any atom is 0.191 e. The van der Waals surface area contributed by atoms with Gasteiger partial charge in [-0.3, -0.25) is 4.68 Å². The molecule has 2 aromatic rings. The molecule has 1 aromatic carbocycles. The number of aromatic nitrogens is 2. The summed E-state index contributed by atoms with van der Waals surface area (Å²) in [5, 5.41) is 11.8. The normalized spacial score (nSPS) is 17.1. The first-order chi connectivity index (χ1) is 13.0. The van der Waals surface area contributed by atoms with Crippen LogP contribution in [0.25, 0.3) is 0 Å². The standard InChI is InChI=1S/C20H27ClFN5/c1-4-23-20(24-11-16-17(21)6-5-7-18(16)22)25-15-9-8-14-12-27(13(2)3)26-19(14)10-15/h5-7,12-13,15H,4,8-11H2,1-3H3,(H2,23,24,25). The molecule has 146 valence electrons. The average molecular weight is 392 g/mol. The topological polar surface area (TPSA) is 54.2 Å². The predicted octanol–water partition coefficient (Wildman–Crippen LogP) is 3.87. The van der Waals surface area contributed by atoms with Gasteiger partial charge in [-0.1, -0.05) is 17.7 Å². The third-order valence-electron chi connectivity index (χ3n) is 4.77. The van der Waals surface area contributed by atoms with Gasteiger partial charge in [0.2, 0.25) is 0 Å². The Hall–Kier alpha value is -2.08. The van der Waals surface area contributed by atoms with Crippen molar-refractivity contribution in [3.8, 4) is 0 Å². The molecule has 1 unspecified atom stereocenters. The highest BCUT2D eigenvalue weighted by Gasteiger charge is 2.23. The summed E-state index contributed by atoms with van der Waals surface area (Å²) in [5.41, 5.74) is 2.90. The fourth-order valence-electron chi connectivity index (χ4n) is 3.26. The highest BCUT2D eigenvalue weighted by atomic mass is 35.5. The van der Waals surface area contributed by atoms with Crippen molar-refractivity contribution in [2.24, 2.45) is 4.99 Å². The maximum atomic E-state index is 14.0.